The van der Waals surface area contributed by atoms with Crippen LogP contribution in [0.5, 0.6) is 0 Å². The summed E-state index contributed by atoms with van der Waals surface area (Å²) in [5, 5.41) is 0. The van der Waals surface area contributed by atoms with Crippen molar-refractivity contribution in [1.82, 2.24) is 4.90 Å². The lowest BCUT2D eigenvalue weighted by atomic mass is 9.96. The number of nitrogens with zero attached hydrogens (tertiary/aromatic N) is 2. The van der Waals surface area contributed by atoms with Crippen LogP contribution in [0.1, 0.15) is 57.8 Å². The molecule has 0 aromatic rings. The third-order valence-electron chi connectivity index (χ3n) is 4.29. The summed E-state index contributed by atoms with van der Waals surface area (Å²) >= 11 is 0. The molecule has 2 rings (SSSR count). The molecule has 2 saturated carbocycles. The zero-order valence-corrected chi connectivity index (χ0v) is 11.2. The number of nitrogens with two attached hydrogens (primary N) is 1. The summed E-state index contributed by atoms with van der Waals surface area (Å²) in [6.45, 7) is 1.10. The lowest BCUT2D eigenvalue weighted by Crippen LogP contribution is -2.38. The fraction of sp³-hybridized carbons (Fsp3) is 0.929. The molecule has 0 amide bonds. The normalized spacial score (nSPS) is 24.2. The first kappa shape index (κ1) is 12.7. The summed E-state index contributed by atoms with van der Waals surface area (Å²) in [6, 6.07) is 0.495. The van der Waals surface area contributed by atoms with Gasteiger partial charge in [-0.2, -0.15) is 0 Å². The summed E-state index contributed by atoms with van der Waals surface area (Å²) in [5.74, 6) is 1.61. The highest BCUT2D eigenvalue weighted by molar-refractivity contribution is 5.78. The van der Waals surface area contributed by atoms with Gasteiger partial charge in [-0.15, -0.1) is 0 Å². The van der Waals surface area contributed by atoms with Crippen molar-refractivity contribution in [1.29, 1.82) is 0 Å². The number of rotatable bonds is 3. The van der Waals surface area contributed by atoms with E-state index in [1.54, 1.807) is 0 Å². The zero-order chi connectivity index (χ0) is 12.1. The fourth-order valence-electron chi connectivity index (χ4n) is 3.17. The van der Waals surface area contributed by atoms with Crippen molar-refractivity contribution in [2.75, 3.05) is 13.6 Å². The second kappa shape index (κ2) is 6.27. The first-order valence-corrected chi connectivity index (χ1v) is 7.30. The van der Waals surface area contributed by atoms with Crippen LogP contribution in [0.15, 0.2) is 4.99 Å². The van der Waals surface area contributed by atoms with Crippen molar-refractivity contribution in [3.8, 4) is 0 Å². The fourth-order valence-corrected chi connectivity index (χ4v) is 3.17. The van der Waals surface area contributed by atoms with Gasteiger partial charge in [0, 0.05) is 13.6 Å². The second-order valence-corrected chi connectivity index (χ2v) is 5.81. The van der Waals surface area contributed by atoms with Crippen molar-refractivity contribution < 1.29 is 0 Å². The van der Waals surface area contributed by atoms with Crippen LogP contribution in [-0.2, 0) is 0 Å². The molecule has 0 aromatic heterocycles. The largest absolute Gasteiger partial charge is 0.370 e. The van der Waals surface area contributed by atoms with Gasteiger partial charge < -0.3 is 10.6 Å². The Morgan fingerprint density at radius 2 is 1.65 bits per heavy atom. The van der Waals surface area contributed by atoms with E-state index in [0.717, 1.165) is 18.4 Å². The molecule has 0 atom stereocenters. The molecule has 2 aliphatic rings. The van der Waals surface area contributed by atoms with Gasteiger partial charge in [0.1, 0.15) is 0 Å². The van der Waals surface area contributed by atoms with Gasteiger partial charge in [-0.3, -0.25) is 0 Å². The van der Waals surface area contributed by atoms with E-state index in [1.165, 1.54) is 57.8 Å². The van der Waals surface area contributed by atoms with E-state index in [0.29, 0.717) is 6.04 Å². The monoisotopic (exact) mass is 237 g/mol. The molecule has 98 valence electrons. The van der Waals surface area contributed by atoms with E-state index >= 15 is 0 Å². The Balaban J connectivity index is 1.79. The summed E-state index contributed by atoms with van der Waals surface area (Å²) in [6.07, 6.45) is 12.1. The van der Waals surface area contributed by atoms with Gasteiger partial charge >= 0.3 is 0 Å². The average molecular weight is 237 g/mol. The van der Waals surface area contributed by atoms with E-state index < -0.39 is 0 Å². The molecule has 17 heavy (non-hydrogen) atoms. The Morgan fingerprint density at radius 1 is 1.06 bits per heavy atom. The smallest absolute Gasteiger partial charge is 0.191 e. The molecule has 0 aliphatic heterocycles. The Labute approximate surface area is 105 Å². The lowest BCUT2D eigenvalue weighted by molar-refractivity contribution is 0.377. The molecule has 0 radical (unpaired) electrons. The highest BCUT2D eigenvalue weighted by atomic mass is 15.2. The van der Waals surface area contributed by atoms with Crippen molar-refractivity contribution in [3.05, 3.63) is 0 Å². The molecule has 0 bridgehead atoms. The van der Waals surface area contributed by atoms with E-state index in [9.17, 15) is 0 Å². The van der Waals surface area contributed by atoms with E-state index in [4.69, 9.17) is 10.7 Å². The number of hydrogen-bond acceptors (Lipinski definition) is 1. The lowest BCUT2D eigenvalue weighted by Gasteiger charge is -2.24. The highest BCUT2D eigenvalue weighted by Gasteiger charge is 2.18. The summed E-state index contributed by atoms with van der Waals surface area (Å²) < 4.78 is 0. The summed E-state index contributed by atoms with van der Waals surface area (Å²) in [5.41, 5.74) is 6.10. The average Bonchev–Trinajstić information content (AvgIpc) is 2.83. The van der Waals surface area contributed by atoms with Crippen LogP contribution in [0.25, 0.3) is 0 Å². The predicted octanol–water partition coefficient (Wildman–Crippen LogP) is 2.76. The number of guanidine groups is 1. The molecular weight excluding hydrogens is 210 g/mol. The van der Waals surface area contributed by atoms with E-state index in [1.807, 2.05) is 0 Å². The standard InChI is InChI=1S/C14H27N3/c1-17(11-12-7-5-6-8-12)14(15)16-13-9-3-2-4-10-13/h12-13H,2-11H2,1H3,(H2,15,16). The van der Waals surface area contributed by atoms with Crippen LogP contribution < -0.4 is 5.73 Å². The van der Waals surface area contributed by atoms with Crippen molar-refractivity contribution in [3.63, 3.8) is 0 Å². The minimum atomic E-state index is 0.495. The van der Waals surface area contributed by atoms with Crippen molar-refractivity contribution in [2.24, 2.45) is 16.6 Å². The predicted molar refractivity (Wildman–Crippen MR) is 73.1 cm³/mol. The van der Waals surface area contributed by atoms with Gasteiger partial charge in [0.05, 0.1) is 6.04 Å². The van der Waals surface area contributed by atoms with Crippen molar-refractivity contribution >= 4 is 5.96 Å². The topological polar surface area (TPSA) is 41.6 Å². The zero-order valence-electron chi connectivity index (χ0n) is 11.2. The van der Waals surface area contributed by atoms with Gasteiger partial charge in [-0.25, -0.2) is 4.99 Å². The van der Waals surface area contributed by atoms with Crippen LogP contribution in [0, 0.1) is 5.92 Å². The van der Waals surface area contributed by atoms with Crippen LogP contribution in [-0.4, -0.2) is 30.5 Å². The maximum atomic E-state index is 6.10. The molecule has 3 nitrogen and oxygen atoms in total. The first-order chi connectivity index (χ1) is 8.25. The molecule has 3 heteroatoms. The van der Waals surface area contributed by atoms with Gasteiger partial charge in [0.25, 0.3) is 0 Å². The van der Waals surface area contributed by atoms with Crippen LogP contribution >= 0.6 is 0 Å². The van der Waals surface area contributed by atoms with Gasteiger partial charge in [-0.1, -0.05) is 32.1 Å². The molecule has 0 spiro atoms. The quantitative estimate of drug-likeness (QED) is 0.606. The maximum absolute atomic E-state index is 6.10. The van der Waals surface area contributed by atoms with E-state index in [-0.39, 0.29) is 0 Å². The molecule has 0 saturated heterocycles. The summed E-state index contributed by atoms with van der Waals surface area (Å²) in [7, 11) is 2.10. The Kier molecular flexibility index (Phi) is 4.69. The Hall–Kier alpha value is -0.730. The molecule has 2 fully saturated rings. The third-order valence-corrected chi connectivity index (χ3v) is 4.29. The highest BCUT2D eigenvalue weighted by Crippen LogP contribution is 2.25. The van der Waals surface area contributed by atoms with Gasteiger partial charge in [-0.05, 0) is 31.6 Å². The molecule has 0 heterocycles. The van der Waals surface area contributed by atoms with Crippen molar-refractivity contribution in [2.45, 2.75) is 63.8 Å². The first-order valence-electron chi connectivity index (χ1n) is 7.30. The third kappa shape index (κ3) is 3.90. The molecule has 0 unspecified atom stereocenters. The summed E-state index contributed by atoms with van der Waals surface area (Å²) in [4.78, 5) is 6.87. The molecule has 2 N–H and O–H groups in total. The van der Waals surface area contributed by atoms with Gasteiger partial charge in [0.2, 0.25) is 0 Å². The maximum Gasteiger partial charge on any atom is 0.191 e. The molecular formula is C14H27N3. The minimum absolute atomic E-state index is 0.495. The number of hydrogen-bond donors (Lipinski definition) is 1. The van der Waals surface area contributed by atoms with Crippen LogP contribution in [0.2, 0.25) is 0 Å². The SMILES string of the molecule is CN(CC1CCCC1)C(N)=NC1CCCCC1. The minimum Gasteiger partial charge on any atom is -0.370 e. The number of aliphatic imine (C=N–C) groups is 1. The Bertz CT molecular complexity index is 250. The van der Waals surface area contributed by atoms with Crippen LogP contribution in [0.3, 0.4) is 0 Å². The van der Waals surface area contributed by atoms with E-state index in [2.05, 4.69) is 11.9 Å². The molecule has 2 aliphatic carbocycles. The second-order valence-electron chi connectivity index (χ2n) is 5.81. The van der Waals surface area contributed by atoms with Gasteiger partial charge in [0.15, 0.2) is 5.96 Å². The molecule has 0 aromatic carbocycles. The van der Waals surface area contributed by atoms with Crippen LogP contribution in [0.4, 0.5) is 0 Å². The Morgan fingerprint density at radius 3 is 2.29 bits per heavy atom.